The van der Waals surface area contributed by atoms with Gasteiger partial charge in [-0.05, 0) is 35.9 Å². The minimum Gasteiger partial charge on any atom is -0.493 e. The van der Waals surface area contributed by atoms with Gasteiger partial charge in [0.15, 0.2) is 23.8 Å². The van der Waals surface area contributed by atoms with Crippen molar-refractivity contribution in [2.24, 2.45) is 0 Å². The van der Waals surface area contributed by atoms with Gasteiger partial charge in [-0.15, -0.1) is 0 Å². The van der Waals surface area contributed by atoms with Crippen LogP contribution in [-0.4, -0.2) is 74.8 Å². The van der Waals surface area contributed by atoms with Crippen LogP contribution in [0, 0.1) is 5.82 Å². The van der Waals surface area contributed by atoms with Crippen molar-refractivity contribution in [2.75, 3.05) is 19.5 Å². The number of methoxy groups -OCH3 is 2. The second-order valence-electron chi connectivity index (χ2n) is 8.55. The molecule has 2 heterocycles. The van der Waals surface area contributed by atoms with Crippen LogP contribution in [0.3, 0.4) is 0 Å². The highest BCUT2D eigenvalue weighted by Gasteiger charge is 2.49. The van der Waals surface area contributed by atoms with Gasteiger partial charge in [0, 0.05) is 23.2 Å². The van der Waals surface area contributed by atoms with E-state index in [9.17, 15) is 29.6 Å². The van der Waals surface area contributed by atoms with Crippen LogP contribution in [-0.2, 0) is 16.0 Å². The van der Waals surface area contributed by atoms with Crippen LogP contribution in [0.2, 0.25) is 0 Å². The molecule has 0 bridgehead atoms. The van der Waals surface area contributed by atoms with Crippen molar-refractivity contribution >= 4 is 17.5 Å². The van der Waals surface area contributed by atoms with E-state index in [1.54, 1.807) is 12.1 Å². The maximum atomic E-state index is 13.9. The van der Waals surface area contributed by atoms with Crippen molar-refractivity contribution in [3.63, 3.8) is 0 Å². The van der Waals surface area contributed by atoms with Crippen LogP contribution >= 0.6 is 0 Å². The Labute approximate surface area is 204 Å². The molecule has 36 heavy (non-hydrogen) atoms. The van der Waals surface area contributed by atoms with Crippen molar-refractivity contribution in [3.05, 3.63) is 53.3 Å². The fourth-order valence-corrected chi connectivity index (χ4v) is 4.62. The number of carbonyl (C=O) groups is 1. The molecule has 0 radical (unpaired) electrons. The quantitative estimate of drug-likeness (QED) is 0.262. The lowest BCUT2D eigenvalue weighted by Gasteiger charge is -2.39. The second-order valence-corrected chi connectivity index (χ2v) is 8.55. The van der Waals surface area contributed by atoms with E-state index in [2.05, 4.69) is 10.4 Å². The first-order chi connectivity index (χ1) is 17.2. The molecule has 12 heteroatoms. The number of nitrogens with zero attached hydrogens (tertiary/aromatic N) is 2. The number of hydrogen-bond acceptors (Lipinski definition) is 9. The van der Waals surface area contributed by atoms with Crippen LogP contribution in [0.25, 0.3) is 11.3 Å². The van der Waals surface area contributed by atoms with Gasteiger partial charge in [-0.1, -0.05) is 6.07 Å². The number of anilines is 2. The van der Waals surface area contributed by atoms with Gasteiger partial charge in [0.2, 0.25) is 0 Å². The van der Waals surface area contributed by atoms with Gasteiger partial charge in [0.05, 0.1) is 19.9 Å². The maximum Gasteiger partial charge on any atom is 0.335 e. The van der Waals surface area contributed by atoms with Gasteiger partial charge >= 0.3 is 5.97 Å². The Morgan fingerprint density at radius 3 is 2.50 bits per heavy atom. The van der Waals surface area contributed by atoms with Gasteiger partial charge in [-0.25, -0.2) is 13.9 Å². The highest BCUT2D eigenvalue weighted by molar-refractivity contribution is 5.82. The number of aromatic nitrogens is 2. The number of aliphatic hydroxyl groups is 3. The molecule has 0 spiro atoms. The molecule has 5 atom stereocenters. The first kappa shape index (κ1) is 24.0. The summed E-state index contributed by atoms with van der Waals surface area (Å²) in [6.07, 6.45) is -8.30. The molecule has 2 aliphatic rings. The molecular formula is C24H24FN3O8. The van der Waals surface area contributed by atoms with Crippen LogP contribution in [0.15, 0.2) is 36.4 Å². The van der Waals surface area contributed by atoms with Crippen molar-refractivity contribution in [3.8, 4) is 22.8 Å². The zero-order valence-corrected chi connectivity index (χ0v) is 19.3. The molecule has 5 rings (SSSR count). The summed E-state index contributed by atoms with van der Waals surface area (Å²) in [5.74, 6) is -0.710. The maximum absolute atomic E-state index is 13.9. The molecule has 5 unspecified atom stereocenters. The molecule has 3 aromatic rings. The number of nitrogens with one attached hydrogen (secondary N) is 1. The summed E-state index contributed by atoms with van der Waals surface area (Å²) in [6.45, 7) is 0. The third-order valence-electron chi connectivity index (χ3n) is 6.40. The molecule has 2 aromatic carbocycles. The monoisotopic (exact) mass is 501 g/mol. The Balaban J connectivity index is 1.65. The average molecular weight is 501 g/mol. The molecule has 1 saturated heterocycles. The van der Waals surface area contributed by atoms with E-state index < -0.39 is 42.4 Å². The van der Waals surface area contributed by atoms with Crippen LogP contribution in [0.1, 0.15) is 17.4 Å². The molecule has 0 amide bonds. The average Bonchev–Trinajstić information content (AvgIpc) is 3.37. The van der Waals surface area contributed by atoms with Crippen molar-refractivity contribution in [1.29, 1.82) is 0 Å². The molecule has 1 aliphatic heterocycles. The number of halogens is 1. The molecule has 190 valence electrons. The molecule has 11 nitrogen and oxygen atoms in total. The zero-order valence-electron chi connectivity index (χ0n) is 19.3. The number of aliphatic hydroxyl groups excluding tert-OH is 3. The number of rotatable bonds is 6. The molecule has 5 N–H and O–H groups in total. The van der Waals surface area contributed by atoms with Crippen LogP contribution in [0.5, 0.6) is 11.5 Å². The number of aliphatic carboxylic acids is 1. The Hall–Kier alpha value is -3.71. The predicted octanol–water partition coefficient (Wildman–Crippen LogP) is 1.42. The molecule has 1 aliphatic carbocycles. The minimum absolute atomic E-state index is 0.293. The first-order valence-corrected chi connectivity index (χ1v) is 11.0. The van der Waals surface area contributed by atoms with E-state index in [-0.39, 0.29) is 0 Å². The summed E-state index contributed by atoms with van der Waals surface area (Å²) in [7, 11) is 3.02. The van der Waals surface area contributed by atoms with Crippen molar-refractivity contribution in [1.82, 2.24) is 9.78 Å². The Morgan fingerprint density at radius 2 is 1.83 bits per heavy atom. The third-order valence-corrected chi connectivity index (χ3v) is 6.40. The lowest BCUT2D eigenvalue weighted by atomic mass is 9.98. The Bertz CT molecular complexity index is 1330. The predicted molar refractivity (Wildman–Crippen MR) is 123 cm³/mol. The van der Waals surface area contributed by atoms with E-state index in [4.69, 9.17) is 14.2 Å². The summed E-state index contributed by atoms with van der Waals surface area (Å²) in [5.41, 5.74) is 3.11. The Kier molecular flexibility index (Phi) is 6.04. The molecular weight excluding hydrogens is 477 g/mol. The van der Waals surface area contributed by atoms with Gasteiger partial charge in [-0.3, -0.25) is 0 Å². The SMILES string of the molecule is COc1cc2c(cc1OC)-c1nn(C3OC(C(=O)O)C(O)C(O)C3O)c(Nc3cccc(F)c3)c1C2. The van der Waals surface area contributed by atoms with E-state index in [1.165, 1.54) is 37.1 Å². The Morgan fingerprint density at radius 1 is 1.11 bits per heavy atom. The van der Waals surface area contributed by atoms with E-state index in [0.717, 1.165) is 5.56 Å². The highest BCUT2D eigenvalue weighted by atomic mass is 19.1. The third kappa shape index (κ3) is 3.84. The number of carboxylic acids is 1. The summed E-state index contributed by atoms with van der Waals surface area (Å²) in [6, 6.07) is 9.24. The van der Waals surface area contributed by atoms with Gasteiger partial charge in [0.1, 0.15) is 29.9 Å². The van der Waals surface area contributed by atoms with Gasteiger partial charge in [-0.2, -0.15) is 5.10 Å². The fraction of sp³-hybridized carbons (Fsp3) is 0.333. The zero-order chi connectivity index (χ0) is 25.7. The molecule has 0 saturated carbocycles. The second kappa shape index (κ2) is 9.06. The summed E-state index contributed by atoms with van der Waals surface area (Å²) in [5, 5.41) is 48.4. The summed E-state index contributed by atoms with van der Waals surface area (Å²) in [4.78, 5) is 11.7. The molecule has 1 aromatic heterocycles. The fourth-order valence-electron chi connectivity index (χ4n) is 4.62. The summed E-state index contributed by atoms with van der Waals surface area (Å²) >= 11 is 0. The standard InChI is InChI=1S/C24H24FN3O8/c1-34-15-7-10-6-14-17(13(10)9-16(15)35-2)27-28(22(14)26-12-5-3-4-11(25)8-12)23-20(31)18(29)19(30)21(36-23)24(32)33/h3-5,7-9,18-21,23,26,29-31H,6H2,1-2H3,(H,32,33). The van der Waals surface area contributed by atoms with Gasteiger partial charge in [0.25, 0.3) is 0 Å². The minimum atomic E-state index is -1.85. The normalized spacial score (nSPS) is 24.7. The van der Waals surface area contributed by atoms with E-state index >= 15 is 0 Å². The summed E-state index contributed by atoms with van der Waals surface area (Å²) < 4.78 is 31.5. The van der Waals surface area contributed by atoms with Crippen LogP contribution in [0.4, 0.5) is 15.9 Å². The number of hydrogen-bond donors (Lipinski definition) is 5. The van der Waals surface area contributed by atoms with Crippen molar-refractivity contribution in [2.45, 2.75) is 37.1 Å². The topological polar surface area (TPSA) is 156 Å². The number of carboxylic acid groups (broad SMARTS) is 1. The number of fused-ring (bicyclic) bond motifs is 3. The highest BCUT2D eigenvalue weighted by Crippen LogP contribution is 2.46. The number of benzene rings is 2. The smallest absolute Gasteiger partial charge is 0.335 e. The lowest BCUT2D eigenvalue weighted by molar-refractivity contribution is -0.248. The first-order valence-electron chi connectivity index (χ1n) is 11.0. The lowest BCUT2D eigenvalue weighted by Crippen LogP contribution is -2.58. The van der Waals surface area contributed by atoms with Crippen molar-refractivity contribution < 1.29 is 43.8 Å². The van der Waals surface area contributed by atoms with Crippen LogP contribution < -0.4 is 14.8 Å². The number of ether oxygens (including phenoxy) is 3. The molecule has 1 fully saturated rings. The van der Waals surface area contributed by atoms with E-state index in [1.807, 2.05) is 6.07 Å². The largest absolute Gasteiger partial charge is 0.493 e. The van der Waals surface area contributed by atoms with Gasteiger partial charge < -0.3 is 40.0 Å². The van der Waals surface area contributed by atoms with E-state index in [0.29, 0.717) is 46.2 Å².